The average Bonchev–Trinajstić information content (AvgIpc) is 2.88. The van der Waals surface area contributed by atoms with Crippen molar-refractivity contribution in [2.45, 2.75) is 81.9 Å². The quantitative estimate of drug-likeness (QED) is 0.133. The highest BCUT2D eigenvalue weighted by molar-refractivity contribution is 8.03. The Morgan fingerprint density at radius 3 is 1.83 bits per heavy atom. The van der Waals surface area contributed by atoms with Crippen LogP contribution < -0.4 is 9.80 Å². The molecule has 0 bridgehead atoms. The lowest BCUT2D eigenvalue weighted by atomic mass is 9.65. The fourth-order valence-electron chi connectivity index (χ4n) is 14.4. The van der Waals surface area contributed by atoms with Crippen molar-refractivity contribution in [3.05, 3.63) is 315 Å². The van der Waals surface area contributed by atoms with Gasteiger partial charge in [0.05, 0.1) is 5.41 Å². The number of hydrogen-bond acceptors (Lipinski definition) is 3. The summed E-state index contributed by atoms with van der Waals surface area (Å²) in [6, 6.07) is 69.0. The lowest BCUT2D eigenvalue weighted by Gasteiger charge is -2.36. The van der Waals surface area contributed by atoms with E-state index in [1.807, 2.05) is 11.8 Å². The number of allylic oxidation sites excluding steroid dienone is 17. The van der Waals surface area contributed by atoms with Crippen molar-refractivity contribution < 1.29 is 0 Å². The Kier molecular flexibility index (Phi) is 12.4. The van der Waals surface area contributed by atoms with E-state index < -0.39 is 5.41 Å². The standard InChI is InChI=1S/C78H66N2S/c1-7-8-12-37-67-52(2)61-45-43-59(49-71(61)76(67,3)4)79(55-28-13-9-14-29-55)57-31-24-32-58(48-57)80(60-44-46-65-63-34-20-21-38-68(63)77(5,6)72(65)50-60)56-30-23-27-53(47-56)62-35-25-36-66-64-33-15-10-16-39-69(64)78(75(62)66)51-54-26-19-22-41-73(54)81-74-42-18-11-17-40-70(74)78/h7-9,12-50H,10-11,51H2,1-6H3/b8-7-,37-12-. The molecule has 8 aromatic carbocycles. The number of fused-ring (bicyclic) bond motifs is 10. The smallest absolute Gasteiger partial charge is 0.0521 e. The number of hydrogen-bond donors (Lipinski definition) is 0. The highest BCUT2D eigenvalue weighted by Gasteiger charge is 2.50. The minimum atomic E-state index is -0.440. The molecule has 1 unspecified atom stereocenters. The maximum atomic E-state index is 2.51. The van der Waals surface area contributed by atoms with Crippen LogP contribution in [-0.2, 0) is 22.7 Å². The summed E-state index contributed by atoms with van der Waals surface area (Å²) in [5, 5.41) is 0. The second-order valence-electron chi connectivity index (χ2n) is 23.5. The van der Waals surface area contributed by atoms with Crippen molar-refractivity contribution in [3.63, 3.8) is 0 Å². The Morgan fingerprint density at radius 2 is 1.04 bits per heavy atom. The summed E-state index contributed by atoms with van der Waals surface area (Å²) >= 11 is 1.93. The monoisotopic (exact) mass is 1060 g/mol. The molecule has 1 aliphatic heterocycles. The van der Waals surface area contributed by atoms with Crippen LogP contribution in [0.3, 0.4) is 0 Å². The number of para-hydroxylation sites is 1. The number of rotatable bonds is 9. The largest absolute Gasteiger partial charge is 0.310 e. The zero-order valence-electron chi connectivity index (χ0n) is 47.2. The predicted molar refractivity (Wildman–Crippen MR) is 346 cm³/mol. The fourth-order valence-corrected chi connectivity index (χ4v) is 15.5. The Morgan fingerprint density at radius 1 is 0.457 bits per heavy atom. The lowest BCUT2D eigenvalue weighted by Crippen LogP contribution is -2.32. The van der Waals surface area contributed by atoms with Crippen molar-refractivity contribution in [1.82, 2.24) is 0 Å². The van der Waals surface area contributed by atoms with Crippen LogP contribution in [0.25, 0.3) is 33.4 Å². The van der Waals surface area contributed by atoms with Crippen LogP contribution in [0, 0.1) is 0 Å². The predicted octanol–water partition coefficient (Wildman–Crippen LogP) is 21.4. The molecule has 1 atom stereocenters. The van der Waals surface area contributed by atoms with Gasteiger partial charge < -0.3 is 9.80 Å². The van der Waals surface area contributed by atoms with Gasteiger partial charge in [0.15, 0.2) is 0 Å². The van der Waals surface area contributed by atoms with E-state index in [0.29, 0.717) is 0 Å². The molecule has 6 aliphatic rings. The van der Waals surface area contributed by atoms with E-state index in [-0.39, 0.29) is 10.8 Å². The van der Waals surface area contributed by atoms with E-state index in [4.69, 9.17) is 0 Å². The molecular formula is C78H66N2S. The van der Waals surface area contributed by atoms with Gasteiger partial charge in [-0.2, -0.15) is 0 Å². The Hall–Kier alpha value is -8.63. The molecule has 0 aromatic heterocycles. The van der Waals surface area contributed by atoms with Crippen LogP contribution in [0.5, 0.6) is 0 Å². The van der Waals surface area contributed by atoms with E-state index in [0.717, 1.165) is 53.4 Å². The van der Waals surface area contributed by atoms with Gasteiger partial charge in [-0.1, -0.05) is 222 Å². The first-order valence-corrected chi connectivity index (χ1v) is 29.7. The van der Waals surface area contributed by atoms with Gasteiger partial charge in [0.25, 0.3) is 0 Å². The molecule has 394 valence electrons. The van der Waals surface area contributed by atoms with Gasteiger partial charge in [0.1, 0.15) is 0 Å². The molecular weight excluding hydrogens is 997 g/mol. The summed E-state index contributed by atoms with van der Waals surface area (Å²) in [5.74, 6) is 0. The average molecular weight is 1060 g/mol. The summed E-state index contributed by atoms with van der Waals surface area (Å²) in [6.45, 7) is 13.9. The van der Waals surface area contributed by atoms with Crippen molar-refractivity contribution in [2.75, 3.05) is 9.80 Å². The zero-order chi connectivity index (χ0) is 55.0. The SMILES string of the molecule is C/C=C\C=C/C1=C(C)c2ccc(N(c3ccccc3)c3cccc(N(c4cccc(-c5cccc6c5C5(Cc7ccccc7SC7=C5C=CCC=C7)C5=C6C=CCC=C5)c4)c4ccc5c(c4)C(C)(C)c4ccccc4-5)c3)cc2C1(C)C. The van der Waals surface area contributed by atoms with Gasteiger partial charge in [-0.15, -0.1) is 0 Å². The van der Waals surface area contributed by atoms with Crippen LogP contribution >= 0.6 is 11.8 Å². The molecule has 8 aromatic rings. The molecule has 0 fully saturated rings. The maximum Gasteiger partial charge on any atom is 0.0521 e. The van der Waals surface area contributed by atoms with E-state index in [2.05, 4.69) is 306 Å². The first-order chi connectivity index (χ1) is 39.6. The summed E-state index contributed by atoms with van der Waals surface area (Å²) in [4.78, 5) is 7.61. The highest BCUT2D eigenvalue weighted by atomic mass is 32.2. The molecule has 2 nitrogen and oxygen atoms in total. The van der Waals surface area contributed by atoms with Crippen LogP contribution in [-0.4, -0.2) is 0 Å². The van der Waals surface area contributed by atoms with Gasteiger partial charge in [0.2, 0.25) is 0 Å². The van der Waals surface area contributed by atoms with Crippen LogP contribution in [0.2, 0.25) is 0 Å². The van der Waals surface area contributed by atoms with E-state index in [9.17, 15) is 0 Å². The van der Waals surface area contributed by atoms with Crippen molar-refractivity contribution in [3.8, 4) is 22.3 Å². The maximum absolute atomic E-state index is 2.51. The van der Waals surface area contributed by atoms with Gasteiger partial charge in [-0.25, -0.2) is 0 Å². The normalized spacial score (nSPS) is 18.6. The van der Waals surface area contributed by atoms with Crippen LogP contribution in [0.4, 0.5) is 34.1 Å². The molecule has 0 saturated heterocycles. The first kappa shape index (κ1) is 50.6. The van der Waals surface area contributed by atoms with Gasteiger partial charge in [0, 0.05) is 54.8 Å². The summed E-state index contributed by atoms with van der Waals surface area (Å²) in [7, 11) is 0. The molecule has 0 amide bonds. The molecule has 1 spiro atoms. The molecule has 14 rings (SSSR count). The molecule has 5 aliphatic carbocycles. The summed E-state index contributed by atoms with van der Waals surface area (Å²) < 4.78 is 0. The van der Waals surface area contributed by atoms with E-state index in [1.165, 1.54) is 98.9 Å². The second-order valence-corrected chi connectivity index (χ2v) is 24.5. The van der Waals surface area contributed by atoms with Gasteiger partial charge in [-0.05, 0) is 195 Å². The zero-order valence-corrected chi connectivity index (χ0v) is 48.0. The van der Waals surface area contributed by atoms with Gasteiger partial charge in [-0.3, -0.25) is 0 Å². The van der Waals surface area contributed by atoms with Crippen molar-refractivity contribution in [1.29, 1.82) is 0 Å². The molecule has 0 radical (unpaired) electrons. The minimum absolute atomic E-state index is 0.177. The Balaban J connectivity index is 0.959. The number of anilines is 6. The highest BCUT2D eigenvalue weighted by Crippen LogP contribution is 2.61. The molecule has 0 N–H and O–H groups in total. The second kappa shape index (κ2) is 19.9. The van der Waals surface area contributed by atoms with Crippen LogP contribution in [0.15, 0.2) is 281 Å². The third kappa shape index (κ3) is 8.14. The first-order valence-electron chi connectivity index (χ1n) is 28.9. The van der Waals surface area contributed by atoms with E-state index in [1.54, 1.807) is 0 Å². The Labute approximate surface area is 483 Å². The van der Waals surface area contributed by atoms with Crippen molar-refractivity contribution >= 4 is 57.0 Å². The van der Waals surface area contributed by atoms with Crippen LogP contribution in [0.1, 0.15) is 93.3 Å². The summed E-state index contributed by atoms with van der Waals surface area (Å²) in [5.41, 5.74) is 27.2. The third-order valence-electron chi connectivity index (χ3n) is 18.2. The van der Waals surface area contributed by atoms with Gasteiger partial charge >= 0.3 is 0 Å². The number of benzene rings is 8. The molecule has 81 heavy (non-hydrogen) atoms. The summed E-state index contributed by atoms with van der Waals surface area (Å²) in [6.07, 6.45) is 30.5. The lowest BCUT2D eigenvalue weighted by molar-refractivity contribution is 0.620. The fraction of sp³-hybridized carbons (Fsp3) is 0.154. The molecule has 3 heteroatoms. The third-order valence-corrected chi connectivity index (χ3v) is 19.3. The Bertz CT molecular complexity index is 4200. The topological polar surface area (TPSA) is 6.48 Å². The number of nitrogens with zero attached hydrogens (tertiary/aromatic N) is 2. The molecule has 1 heterocycles. The van der Waals surface area contributed by atoms with Crippen molar-refractivity contribution in [2.24, 2.45) is 0 Å². The van der Waals surface area contributed by atoms with E-state index >= 15 is 0 Å². The minimum Gasteiger partial charge on any atom is -0.310 e. The number of thioether (sulfide) groups is 1. The molecule has 0 saturated carbocycles.